The van der Waals surface area contributed by atoms with E-state index in [0.717, 1.165) is 6.42 Å². The van der Waals surface area contributed by atoms with E-state index < -0.39 is 12.0 Å². The Bertz CT molecular complexity index is 269. The fraction of sp³-hybridized carbons (Fsp3) is 0.400. The molecular weight excluding hydrogens is 182 g/mol. The molecule has 0 aliphatic carbocycles. The molecule has 0 radical (unpaired) electrons. The minimum absolute atomic E-state index is 0.0117. The summed E-state index contributed by atoms with van der Waals surface area (Å²) >= 11 is 0. The van der Waals surface area contributed by atoms with E-state index in [9.17, 15) is 9.59 Å². The second-order valence-electron chi connectivity index (χ2n) is 2.93. The van der Waals surface area contributed by atoms with Gasteiger partial charge in [-0.2, -0.15) is 0 Å². The number of hydrogen-bond donors (Lipinski definition) is 2. The fourth-order valence-corrected chi connectivity index (χ4v) is 0.796. The largest absolute Gasteiger partial charge is 0.480 e. The minimum atomic E-state index is -1.13. The minimum Gasteiger partial charge on any atom is -0.480 e. The van der Waals surface area contributed by atoms with Crippen molar-refractivity contribution in [3.8, 4) is 0 Å². The maximum absolute atomic E-state index is 11.2. The van der Waals surface area contributed by atoms with Gasteiger partial charge in [0.2, 0.25) is 0 Å². The van der Waals surface area contributed by atoms with Crippen LogP contribution in [0.3, 0.4) is 0 Å². The van der Waals surface area contributed by atoms with E-state index >= 15 is 0 Å². The van der Waals surface area contributed by atoms with Gasteiger partial charge >= 0.3 is 5.97 Å². The Kier molecular flexibility index (Phi) is 5.48. The summed E-state index contributed by atoms with van der Waals surface area (Å²) in [5, 5.41) is 8.49. The van der Waals surface area contributed by atoms with Crippen LogP contribution in [0.5, 0.6) is 0 Å². The van der Waals surface area contributed by atoms with Crippen molar-refractivity contribution in [2.45, 2.75) is 25.8 Å². The van der Waals surface area contributed by atoms with Crippen molar-refractivity contribution in [3.63, 3.8) is 0 Å². The topological polar surface area (TPSA) is 80.4 Å². The van der Waals surface area contributed by atoms with E-state index in [0.29, 0.717) is 0 Å². The predicted molar refractivity (Wildman–Crippen MR) is 53.8 cm³/mol. The van der Waals surface area contributed by atoms with Gasteiger partial charge in [0.05, 0.1) is 0 Å². The highest BCUT2D eigenvalue weighted by Crippen LogP contribution is 2.04. The van der Waals surface area contributed by atoms with E-state index in [2.05, 4.69) is 6.58 Å². The Hall–Kier alpha value is -1.42. The molecular formula is C10H15NO3. The fourth-order valence-electron chi connectivity index (χ4n) is 0.796. The lowest BCUT2D eigenvalue weighted by Gasteiger charge is -2.05. The van der Waals surface area contributed by atoms with E-state index in [4.69, 9.17) is 10.8 Å². The first-order valence-corrected chi connectivity index (χ1v) is 4.36. The van der Waals surface area contributed by atoms with Crippen LogP contribution in [-0.4, -0.2) is 22.9 Å². The maximum atomic E-state index is 11.2. The van der Waals surface area contributed by atoms with Crippen LogP contribution in [0.25, 0.3) is 0 Å². The van der Waals surface area contributed by atoms with Crippen molar-refractivity contribution >= 4 is 11.8 Å². The summed E-state index contributed by atoms with van der Waals surface area (Å²) in [5.41, 5.74) is 5.47. The molecule has 0 saturated carbocycles. The van der Waals surface area contributed by atoms with Crippen LogP contribution in [0, 0.1) is 0 Å². The number of carboxylic acids is 1. The lowest BCUT2D eigenvalue weighted by atomic mass is 10.0. The molecule has 1 atom stereocenters. The number of carbonyl (C=O) groups excluding carboxylic acids is 1. The first-order valence-electron chi connectivity index (χ1n) is 4.36. The Labute approximate surface area is 83.1 Å². The maximum Gasteiger partial charge on any atom is 0.320 e. The molecule has 4 heteroatoms. The van der Waals surface area contributed by atoms with Crippen molar-refractivity contribution in [2.24, 2.45) is 5.73 Å². The number of aliphatic carboxylic acids is 1. The van der Waals surface area contributed by atoms with Crippen LogP contribution >= 0.6 is 0 Å². The monoisotopic (exact) mass is 197 g/mol. The van der Waals surface area contributed by atoms with Crippen LogP contribution in [-0.2, 0) is 9.59 Å². The lowest BCUT2D eigenvalue weighted by molar-refractivity contribution is -0.138. The molecule has 0 fully saturated rings. The van der Waals surface area contributed by atoms with Gasteiger partial charge in [0.25, 0.3) is 0 Å². The Balaban J connectivity index is 4.15. The van der Waals surface area contributed by atoms with E-state index in [1.54, 1.807) is 6.08 Å². The molecule has 14 heavy (non-hydrogen) atoms. The number of nitrogens with two attached hydrogens (primary N) is 1. The molecule has 3 N–H and O–H groups in total. The van der Waals surface area contributed by atoms with Crippen LogP contribution in [0.2, 0.25) is 0 Å². The van der Waals surface area contributed by atoms with Gasteiger partial charge in [-0.25, -0.2) is 0 Å². The quantitative estimate of drug-likeness (QED) is 0.619. The molecule has 0 rings (SSSR count). The summed E-state index contributed by atoms with van der Waals surface area (Å²) in [6.45, 7) is 5.38. The summed E-state index contributed by atoms with van der Waals surface area (Å²) in [4.78, 5) is 21.6. The first kappa shape index (κ1) is 12.6. The van der Waals surface area contributed by atoms with E-state index in [-0.39, 0.29) is 17.8 Å². The normalized spacial score (nSPS) is 12.7. The molecule has 0 heterocycles. The highest BCUT2D eigenvalue weighted by atomic mass is 16.4. The zero-order valence-corrected chi connectivity index (χ0v) is 8.19. The van der Waals surface area contributed by atoms with Crippen molar-refractivity contribution in [1.82, 2.24) is 0 Å². The Morgan fingerprint density at radius 3 is 2.57 bits per heavy atom. The molecule has 0 aromatic rings. The van der Waals surface area contributed by atoms with Crippen LogP contribution in [0.1, 0.15) is 19.8 Å². The molecule has 4 nitrogen and oxygen atoms in total. The number of allylic oxidation sites excluding steroid dienone is 2. The number of hydrogen-bond acceptors (Lipinski definition) is 3. The Morgan fingerprint density at radius 2 is 2.14 bits per heavy atom. The van der Waals surface area contributed by atoms with Gasteiger partial charge in [0.15, 0.2) is 5.78 Å². The van der Waals surface area contributed by atoms with Crippen molar-refractivity contribution in [2.75, 3.05) is 0 Å². The van der Waals surface area contributed by atoms with E-state index in [1.807, 2.05) is 6.92 Å². The Morgan fingerprint density at radius 1 is 1.57 bits per heavy atom. The van der Waals surface area contributed by atoms with Gasteiger partial charge < -0.3 is 10.8 Å². The van der Waals surface area contributed by atoms with E-state index in [1.165, 1.54) is 6.08 Å². The summed E-state index contributed by atoms with van der Waals surface area (Å²) in [6, 6.07) is -1.05. The molecule has 78 valence electrons. The van der Waals surface area contributed by atoms with Gasteiger partial charge in [0, 0.05) is 6.42 Å². The van der Waals surface area contributed by atoms with Gasteiger partial charge in [-0.3, -0.25) is 9.59 Å². The summed E-state index contributed by atoms with van der Waals surface area (Å²) in [6.07, 6.45) is 3.82. The number of carbonyl (C=O) groups is 2. The number of rotatable bonds is 6. The van der Waals surface area contributed by atoms with Crippen molar-refractivity contribution in [3.05, 3.63) is 24.3 Å². The number of carboxylic acid groups (broad SMARTS) is 1. The van der Waals surface area contributed by atoms with Crippen molar-refractivity contribution in [1.29, 1.82) is 0 Å². The molecule has 0 unspecified atom stereocenters. The first-order chi connectivity index (χ1) is 6.49. The highest BCUT2D eigenvalue weighted by Gasteiger charge is 2.15. The third-order valence-corrected chi connectivity index (χ3v) is 1.64. The summed E-state index contributed by atoms with van der Waals surface area (Å²) in [7, 11) is 0. The molecule has 0 aromatic carbocycles. The third-order valence-electron chi connectivity index (χ3n) is 1.64. The molecule has 0 bridgehead atoms. The predicted octanol–water partition coefficient (Wildman–Crippen LogP) is 0.880. The number of ketones is 1. The zero-order chi connectivity index (χ0) is 11.1. The highest BCUT2D eigenvalue weighted by molar-refractivity contribution is 6.03. The van der Waals surface area contributed by atoms with Gasteiger partial charge in [-0.05, 0) is 18.1 Å². The molecule has 0 aromatic heterocycles. The standard InChI is InChI=1S/C10H15NO3/c1-3-4-5-9(12)7(2)6-8(11)10(13)14/h4-5,8H,2-3,6,11H2,1H3,(H,13,14)/t8-/m0/s1. The average molecular weight is 197 g/mol. The van der Waals surface area contributed by atoms with Crippen LogP contribution in [0.4, 0.5) is 0 Å². The molecule has 0 saturated heterocycles. The van der Waals surface area contributed by atoms with Crippen molar-refractivity contribution < 1.29 is 14.7 Å². The SMILES string of the molecule is C=C(C[C@H](N)C(=O)O)C(=O)C=CCC. The van der Waals surface area contributed by atoms with Crippen LogP contribution in [0.15, 0.2) is 24.3 Å². The van der Waals surface area contributed by atoms with Gasteiger partial charge in [0.1, 0.15) is 6.04 Å². The zero-order valence-electron chi connectivity index (χ0n) is 8.19. The summed E-state index contributed by atoms with van der Waals surface area (Å²) < 4.78 is 0. The summed E-state index contributed by atoms with van der Waals surface area (Å²) in [5.74, 6) is -1.39. The van der Waals surface area contributed by atoms with Gasteiger partial charge in [-0.1, -0.05) is 19.6 Å². The van der Waals surface area contributed by atoms with Crippen LogP contribution < -0.4 is 5.73 Å². The smallest absolute Gasteiger partial charge is 0.320 e. The third kappa shape index (κ3) is 4.57. The molecule has 0 aliphatic rings. The second kappa shape index (κ2) is 6.10. The molecule has 0 aliphatic heterocycles. The molecule has 0 amide bonds. The average Bonchev–Trinajstić information content (AvgIpc) is 2.13. The van der Waals surface area contributed by atoms with Gasteiger partial charge in [-0.15, -0.1) is 0 Å². The second-order valence-corrected chi connectivity index (χ2v) is 2.93. The molecule has 0 spiro atoms. The lowest BCUT2D eigenvalue weighted by Crippen LogP contribution is -2.31.